The standard InChI is InChI=1S/C12H21N3O3/c1-10(12(17)18)6-3-2-4-7-11(16)8-5-9-14-15-13/h10H,2-9H2,1H3,(H,17,18)/t10-/m0/s1. The quantitative estimate of drug-likeness (QED) is 0.265. The van der Waals surface area contributed by atoms with Crippen LogP contribution >= 0.6 is 0 Å². The Morgan fingerprint density at radius 1 is 1.22 bits per heavy atom. The lowest BCUT2D eigenvalue weighted by Gasteiger charge is -2.05. The van der Waals surface area contributed by atoms with E-state index >= 15 is 0 Å². The number of carbonyl (C=O) groups is 2. The smallest absolute Gasteiger partial charge is 0.306 e. The van der Waals surface area contributed by atoms with Gasteiger partial charge in [-0.25, -0.2) is 0 Å². The number of nitrogens with zero attached hydrogens (tertiary/aromatic N) is 3. The molecule has 0 unspecified atom stereocenters. The molecule has 1 N–H and O–H groups in total. The third-order valence-corrected chi connectivity index (χ3v) is 2.79. The van der Waals surface area contributed by atoms with E-state index in [2.05, 4.69) is 10.0 Å². The van der Waals surface area contributed by atoms with Crippen molar-refractivity contribution in [2.45, 2.75) is 51.9 Å². The van der Waals surface area contributed by atoms with Crippen LogP contribution in [-0.2, 0) is 9.59 Å². The Hall–Kier alpha value is -1.55. The minimum absolute atomic E-state index is 0.189. The van der Waals surface area contributed by atoms with Crippen LogP contribution in [0.4, 0.5) is 0 Å². The highest BCUT2D eigenvalue weighted by atomic mass is 16.4. The molecule has 0 rings (SSSR count). The molecule has 0 amide bonds. The lowest BCUT2D eigenvalue weighted by Crippen LogP contribution is -2.08. The maximum atomic E-state index is 11.4. The predicted octanol–water partition coefficient (Wildman–Crippen LogP) is 3.32. The molecule has 0 aromatic rings. The van der Waals surface area contributed by atoms with Crippen molar-refractivity contribution in [3.05, 3.63) is 10.4 Å². The van der Waals surface area contributed by atoms with Crippen LogP contribution in [0.25, 0.3) is 10.4 Å². The second-order valence-corrected chi connectivity index (χ2v) is 4.44. The summed E-state index contributed by atoms with van der Waals surface area (Å²) in [6, 6.07) is 0. The zero-order valence-electron chi connectivity index (χ0n) is 10.8. The molecule has 1 atom stereocenters. The van der Waals surface area contributed by atoms with Crippen LogP contribution in [0.3, 0.4) is 0 Å². The van der Waals surface area contributed by atoms with E-state index in [9.17, 15) is 9.59 Å². The average Bonchev–Trinajstić information content (AvgIpc) is 2.33. The molecule has 0 aliphatic heterocycles. The van der Waals surface area contributed by atoms with Gasteiger partial charge in [0.25, 0.3) is 0 Å². The molecule has 18 heavy (non-hydrogen) atoms. The van der Waals surface area contributed by atoms with Gasteiger partial charge in [0.2, 0.25) is 0 Å². The van der Waals surface area contributed by atoms with Gasteiger partial charge >= 0.3 is 5.97 Å². The van der Waals surface area contributed by atoms with E-state index < -0.39 is 5.97 Å². The van der Waals surface area contributed by atoms with Crippen LogP contribution < -0.4 is 0 Å². The summed E-state index contributed by atoms with van der Waals surface area (Å²) >= 11 is 0. The third kappa shape index (κ3) is 9.66. The topological polar surface area (TPSA) is 103 Å². The molecule has 0 aliphatic carbocycles. The van der Waals surface area contributed by atoms with E-state index in [1.54, 1.807) is 6.92 Å². The van der Waals surface area contributed by atoms with E-state index in [1.807, 2.05) is 0 Å². The van der Waals surface area contributed by atoms with Crippen LogP contribution in [0.5, 0.6) is 0 Å². The first-order chi connectivity index (χ1) is 8.57. The Balaban J connectivity index is 3.40. The van der Waals surface area contributed by atoms with Gasteiger partial charge in [-0.3, -0.25) is 9.59 Å². The molecule has 0 radical (unpaired) electrons. The number of carbonyl (C=O) groups excluding carboxylic acids is 1. The number of ketones is 1. The van der Waals surface area contributed by atoms with E-state index in [0.29, 0.717) is 32.2 Å². The number of unbranched alkanes of at least 4 members (excludes halogenated alkanes) is 2. The SMILES string of the molecule is C[C@@H](CCCCCC(=O)CCCN=[N+]=[N-])C(=O)O. The molecule has 0 aromatic carbocycles. The Morgan fingerprint density at radius 2 is 1.89 bits per heavy atom. The maximum Gasteiger partial charge on any atom is 0.306 e. The van der Waals surface area contributed by atoms with Gasteiger partial charge in [-0.15, -0.1) is 0 Å². The molecule has 0 aromatic heterocycles. The van der Waals surface area contributed by atoms with Crippen LogP contribution in [0.15, 0.2) is 5.11 Å². The molecule has 0 bridgehead atoms. The number of aliphatic carboxylic acids is 1. The number of carboxylic acids is 1. The number of azide groups is 1. The van der Waals surface area contributed by atoms with Gasteiger partial charge in [0.1, 0.15) is 5.78 Å². The largest absolute Gasteiger partial charge is 0.481 e. The number of hydrogen-bond donors (Lipinski definition) is 1. The second-order valence-electron chi connectivity index (χ2n) is 4.44. The van der Waals surface area contributed by atoms with Crippen LogP contribution in [0.1, 0.15) is 51.9 Å². The van der Waals surface area contributed by atoms with Crippen molar-refractivity contribution in [2.24, 2.45) is 11.0 Å². The van der Waals surface area contributed by atoms with Gasteiger partial charge < -0.3 is 5.11 Å². The van der Waals surface area contributed by atoms with Crippen LogP contribution in [-0.4, -0.2) is 23.4 Å². The first-order valence-corrected chi connectivity index (χ1v) is 6.33. The van der Waals surface area contributed by atoms with Crippen molar-refractivity contribution in [1.29, 1.82) is 0 Å². The second kappa shape index (κ2) is 10.6. The van der Waals surface area contributed by atoms with E-state index in [0.717, 1.165) is 19.3 Å². The van der Waals surface area contributed by atoms with Crippen LogP contribution in [0.2, 0.25) is 0 Å². The average molecular weight is 255 g/mol. The van der Waals surface area contributed by atoms with Crippen LogP contribution in [0, 0.1) is 5.92 Å². The predicted molar refractivity (Wildman–Crippen MR) is 68.1 cm³/mol. The Bertz CT molecular complexity index is 312. The highest BCUT2D eigenvalue weighted by molar-refractivity contribution is 5.78. The van der Waals surface area contributed by atoms with Gasteiger partial charge in [0, 0.05) is 24.3 Å². The van der Waals surface area contributed by atoms with Gasteiger partial charge in [-0.2, -0.15) is 0 Å². The molecule has 0 heterocycles. The molecular formula is C12H21N3O3. The summed E-state index contributed by atoms with van der Waals surface area (Å²) in [6.07, 6.45) is 4.83. The molecule has 0 spiro atoms. The lowest BCUT2D eigenvalue weighted by molar-refractivity contribution is -0.141. The van der Waals surface area contributed by atoms with Crippen molar-refractivity contribution in [2.75, 3.05) is 6.54 Å². The fraction of sp³-hybridized carbons (Fsp3) is 0.833. The zero-order chi connectivity index (χ0) is 13.8. The monoisotopic (exact) mass is 255 g/mol. The highest BCUT2D eigenvalue weighted by Gasteiger charge is 2.09. The van der Waals surface area contributed by atoms with Gasteiger partial charge in [-0.05, 0) is 24.8 Å². The molecule has 0 saturated carbocycles. The van der Waals surface area contributed by atoms with E-state index in [4.69, 9.17) is 10.6 Å². The highest BCUT2D eigenvalue weighted by Crippen LogP contribution is 2.11. The first kappa shape index (κ1) is 16.4. The van der Waals surface area contributed by atoms with Crippen molar-refractivity contribution in [3.8, 4) is 0 Å². The third-order valence-electron chi connectivity index (χ3n) is 2.79. The number of hydrogen-bond acceptors (Lipinski definition) is 3. The molecule has 0 fully saturated rings. The fourth-order valence-corrected chi connectivity index (χ4v) is 1.59. The summed E-state index contributed by atoms with van der Waals surface area (Å²) in [5.41, 5.74) is 8.05. The fourth-order valence-electron chi connectivity index (χ4n) is 1.59. The molecule has 0 aliphatic rings. The van der Waals surface area contributed by atoms with Gasteiger partial charge in [0.15, 0.2) is 0 Å². The zero-order valence-corrected chi connectivity index (χ0v) is 10.8. The number of Topliss-reactive ketones (excluding diaryl/α,β-unsaturated/α-hetero) is 1. The van der Waals surface area contributed by atoms with Crippen molar-refractivity contribution < 1.29 is 14.7 Å². The molecular weight excluding hydrogens is 234 g/mol. The Labute approximate surface area is 107 Å². The number of carboxylic acid groups (broad SMARTS) is 1. The van der Waals surface area contributed by atoms with Gasteiger partial charge in [0.05, 0.1) is 5.92 Å². The summed E-state index contributed by atoms with van der Waals surface area (Å²) < 4.78 is 0. The molecule has 6 heteroatoms. The van der Waals surface area contributed by atoms with Crippen molar-refractivity contribution in [1.82, 2.24) is 0 Å². The van der Waals surface area contributed by atoms with E-state index in [1.165, 1.54) is 0 Å². The first-order valence-electron chi connectivity index (χ1n) is 6.33. The summed E-state index contributed by atoms with van der Waals surface area (Å²) in [6.45, 7) is 2.07. The normalized spacial score (nSPS) is 11.6. The molecule has 102 valence electrons. The summed E-state index contributed by atoms with van der Waals surface area (Å²) in [5.74, 6) is -0.872. The lowest BCUT2D eigenvalue weighted by atomic mass is 10.0. The molecule has 6 nitrogen and oxygen atoms in total. The van der Waals surface area contributed by atoms with E-state index in [-0.39, 0.29) is 11.7 Å². The number of rotatable bonds is 11. The maximum absolute atomic E-state index is 11.4. The Morgan fingerprint density at radius 3 is 2.50 bits per heavy atom. The molecule has 0 saturated heterocycles. The minimum atomic E-state index is -0.760. The van der Waals surface area contributed by atoms with Crippen molar-refractivity contribution >= 4 is 11.8 Å². The minimum Gasteiger partial charge on any atom is -0.481 e. The van der Waals surface area contributed by atoms with Gasteiger partial charge in [-0.1, -0.05) is 24.9 Å². The summed E-state index contributed by atoms with van der Waals surface area (Å²) in [4.78, 5) is 24.6. The Kier molecular flexibility index (Phi) is 9.68. The van der Waals surface area contributed by atoms with Crippen molar-refractivity contribution in [3.63, 3.8) is 0 Å². The summed E-state index contributed by atoms with van der Waals surface area (Å²) in [7, 11) is 0. The summed E-state index contributed by atoms with van der Waals surface area (Å²) in [5, 5.41) is 12.0.